The van der Waals surface area contributed by atoms with Crippen molar-refractivity contribution in [3.63, 3.8) is 0 Å². The summed E-state index contributed by atoms with van der Waals surface area (Å²) in [5.74, 6) is -1.56. The van der Waals surface area contributed by atoms with Crippen LogP contribution in [0.25, 0.3) is 0 Å². The van der Waals surface area contributed by atoms with Crippen molar-refractivity contribution in [1.82, 2.24) is 0 Å². The molecule has 2 amide bonds. The first-order valence-corrected chi connectivity index (χ1v) is 7.90. The maximum absolute atomic E-state index is 12.4. The van der Waals surface area contributed by atoms with Crippen LogP contribution in [0, 0.1) is 11.8 Å². The molecule has 1 fully saturated rings. The van der Waals surface area contributed by atoms with E-state index < -0.39 is 11.9 Å². The number of nitrogens with one attached hydrogen (secondary N) is 2. The Morgan fingerprint density at radius 1 is 1.17 bits per heavy atom. The van der Waals surface area contributed by atoms with Crippen molar-refractivity contribution in [2.45, 2.75) is 32.6 Å². The minimum atomic E-state index is -0.843. The molecule has 1 aliphatic carbocycles. The number of ether oxygens (including phenoxy) is 1. The molecule has 0 spiro atoms. The van der Waals surface area contributed by atoms with Crippen molar-refractivity contribution in [3.05, 3.63) is 18.2 Å². The van der Waals surface area contributed by atoms with E-state index in [0.717, 1.165) is 6.42 Å². The molecule has 3 N–H and O–H groups in total. The number of carbonyl (C=O) groups is 3. The van der Waals surface area contributed by atoms with Gasteiger partial charge in [-0.1, -0.05) is 6.42 Å². The summed E-state index contributed by atoms with van der Waals surface area (Å²) in [6.45, 7) is 1.39. The van der Waals surface area contributed by atoms with Gasteiger partial charge in [0.25, 0.3) is 0 Å². The highest BCUT2D eigenvalue weighted by molar-refractivity contribution is 5.95. The molecular weight excluding hydrogens is 312 g/mol. The molecule has 0 aliphatic heterocycles. The van der Waals surface area contributed by atoms with Gasteiger partial charge in [0.2, 0.25) is 11.8 Å². The Bertz CT molecular complexity index is 644. The number of hydrogen-bond acceptors (Lipinski definition) is 4. The van der Waals surface area contributed by atoms with Crippen molar-refractivity contribution in [3.8, 4) is 5.75 Å². The zero-order valence-electron chi connectivity index (χ0n) is 13.8. The lowest BCUT2D eigenvalue weighted by molar-refractivity contribution is -0.143. The van der Waals surface area contributed by atoms with Crippen LogP contribution in [0.2, 0.25) is 0 Å². The second kappa shape index (κ2) is 7.81. The smallest absolute Gasteiger partial charge is 0.306 e. The summed E-state index contributed by atoms with van der Waals surface area (Å²) in [7, 11) is 1.49. The molecule has 24 heavy (non-hydrogen) atoms. The minimum absolute atomic E-state index is 0.195. The van der Waals surface area contributed by atoms with Crippen LogP contribution in [-0.4, -0.2) is 30.0 Å². The van der Waals surface area contributed by atoms with E-state index in [4.69, 9.17) is 9.84 Å². The maximum atomic E-state index is 12.4. The number of hydrogen-bond donors (Lipinski definition) is 3. The first kappa shape index (κ1) is 17.8. The number of carboxylic acid groups (broad SMARTS) is 1. The normalized spacial score (nSPS) is 20.1. The van der Waals surface area contributed by atoms with Crippen LogP contribution in [0.1, 0.15) is 32.6 Å². The van der Waals surface area contributed by atoms with Crippen LogP contribution in [0.4, 0.5) is 11.4 Å². The van der Waals surface area contributed by atoms with Crippen LogP contribution in [0.3, 0.4) is 0 Å². The number of carboxylic acids is 1. The Morgan fingerprint density at radius 3 is 2.50 bits per heavy atom. The summed E-state index contributed by atoms with van der Waals surface area (Å²) in [4.78, 5) is 34.8. The minimum Gasteiger partial charge on any atom is -0.495 e. The van der Waals surface area contributed by atoms with Crippen molar-refractivity contribution < 1.29 is 24.2 Å². The molecule has 0 bridgehead atoms. The van der Waals surface area contributed by atoms with Gasteiger partial charge in [-0.3, -0.25) is 14.4 Å². The fourth-order valence-corrected chi connectivity index (χ4v) is 2.97. The molecule has 7 heteroatoms. The Morgan fingerprint density at radius 2 is 1.88 bits per heavy atom. The second-order valence-corrected chi connectivity index (χ2v) is 5.98. The zero-order chi connectivity index (χ0) is 17.7. The van der Waals surface area contributed by atoms with Crippen LogP contribution in [0.5, 0.6) is 5.75 Å². The van der Waals surface area contributed by atoms with Gasteiger partial charge in [0.15, 0.2) is 0 Å². The number of amides is 2. The summed E-state index contributed by atoms with van der Waals surface area (Å²) >= 11 is 0. The molecule has 0 heterocycles. The molecule has 0 aromatic heterocycles. The lowest BCUT2D eigenvalue weighted by atomic mass is 9.81. The van der Waals surface area contributed by atoms with Gasteiger partial charge in [-0.25, -0.2) is 0 Å². The SMILES string of the molecule is COc1ccc(NC(=O)C2CCCC(C(=O)O)C2)cc1NC(C)=O. The number of carbonyl (C=O) groups excluding carboxylic acids is 2. The second-order valence-electron chi connectivity index (χ2n) is 5.98. The molecule has 2 rings (SSSR count). The summed E-state index contributed by atoms with van der Waals surface area (Å²) < 4.78 is 5.17. The van der Waals surface area contributed by atoms with Gasteiger partial charge in [0.1, 0.15) is 5.75 Å². The number of anilines is 2. The monoisotopic (exact) mass is 334 g/mol. The molecule has 130 valence electrons. The molecule has 0 radical (unpaired) electrons. The lowest BCUT2D eigenvalue weighted by Crippen LogP contribution is -2.30. The summed E-state index contributed by atoms with van der Waals surface area (Å²) in [5, 5.41) is 14.6. The van der Waals surface area contributed by atoms with E-state index in [-0.39, 0.29) is 17.7 Å². The Kier molecular flexibility index (Phi) is 5.78. The Hall–Kier alpha value is -2.57. The Balaban J connectivity index is 2.08. The topological polar surface area (TPSA) is 105 Å². The van der Waals surface area contributed by atoms with Crippen LogP contribution >= 0.6 is 0 Å². The van der Waals surface area contributed by atoms with Crippen LogP contribution < -0.4 is 15.4 Å². The molecule has 1 aromatic carbocycles. The van der Waals surface area contributed by atoms with Gasteiger partial charge in [-0.2, -0.15) is 0 Å². The highest BCUT2D eigenvalue weighted by Crippen LogP contribution is 2.32. The molecule has 7 nitrogen and oxygen atoms in total. The predicted octanol–water partition coefficient (Wildman–Crippen LogP) is 2.48. The van der Waals surface area contributed by atoms with Gasteiger partial charge in [0.05, 0.1) is 18.7 Å². The average molecular weight is 334 g/mol. The Labute approximate surface area is 140 Å². The van der Waals surface area contributed by atoms with Gasteiger partial charge in [-0.15, -0.1) is 0 Å². The van der Waals surface area contributed by atoms with Crippen LogP contribution in [-0.2, 0) is 14.4 Å². The van der Waals surface area contributed by atoms with E-state index in [1.54, 1.807) is 18.2 Å². The van der Waals surface area contributed by atoms with Gasteiger partial charge >= 0.3 is 5.97 Å². The quantitative estimate of drug-likeness (QED) is 0.767. The third kappa shape index (κ3) is 4.47. The van der Waals surface area contributed by atoms with E-state index >= 15 is 0 Å². The number of rotatable bonds is 5. The third-order valence-corrected chi connectivity index (χ3v) is 4.17. The number of aliphatic carboxylic acids is 1. The first-order valence-electron chi connectivity index (χ1n) is 7.90. The highest BCUT2D eigenvalue weighted by atomic mass is 16.5. The third-order valence-electron chi connectivity index (χ3n) is 4.17. The molecule has 0 saturated heterocycles. The van der Waals surface area contributed by atoms with E-state index in [1.807, 2.05) is 0 Å². The van der Waals surface area contributed by atoms with E-state index in [1.165, 1.54) is 14.0 Å². The van der Waals surface area contributed by atoms with Crippen molar-refractivity contribution in [2.75, 3.05) is 17.7 Å². The zero-order valence-corrected chi connectivity index (χ0v) is 13.8. The molecule has 1 saturated carbocycles. The molecule has 2 atom stereocenters. The van der Waals surface area contributed by atoms with Crippen molar-refractivity contribution in [1.29, 1.82) is 0 Å². The van der Waals surface area contributed by atoms with Gasteiger partial charge in [0, 0.05) is 18.5 Å². The average Bonchev–Trinajstić information content (AvgIpc) is 2.54. The fourth-order valence-electron chi connectivity index (χ4n) is 2.97. The summed E-state index contributed by atoms with van der Waals surface area (Å²) in [6, 6.07) is 4.96. The number of benzene rings is 1. The standard InChI is InChI=1S/C17H22N2O5/c1-10(20)18-14-9-13(6-7-15(14)24-2)19-16(21)11-4-3-5-12(8-11)17(22)23/h6-7,9,11-12H,3-5,8H2,1-2H3,(H,18,20)(H,19,21)(H,22,23). The van der Waals surface area contributed by atoms with E-state index in [2.05, 4.69) is 10.6 Å². The fraction of sp³-hybridized carbons (Fsp3) is 0.471. The summed E-state index contributed by atoms with van der Waals surface area (Å²) in [6.07, 6.45) is 2.39. The first-order chi connectivity index (χ1) is 11.4. The van der Waals surface area contributed by atoms with Gasteiger partial charge < -0.3 is 20.5 Å². The molecular formula is C17H22N2O5. The van der Waals surface area contributed by atoms with Crippen molar-refractivity contribution >= 4 is 29.2 Å². The van der Waals surface area contributed by atoms with Crippen LogP contribution in [0.15, 0.2) is 18.2 Å². The molecule has 1 aromatic rings. The lowest BCUT2D eigenvalue weighted by Gasteiger charge is -2.25. The largest absolute Gasteiger partial charge is 0.495 e. The van der Waals surface area contributed by atoms with Crippen molar-refractivity contribution in [2.24, 2.45) is 11.8 Å². The maximum Gasteiger partial charge on any atom is 0.306 e. The van der Waals surface area contributed by atoms with E-state index in [9.17, 15) is 14.4 Å². The van der Waals surface area contributed by atoms with Gasteiger partial charge in [-0.05, 0) is 37.5 Å². The summed E-state index contributed by atoms with van der Waals surface area (Å²) in [5.41, 5.74) is 0.997. The number of methoxy groups -OCH3 is 1. The highest BCUT2D eigenvalue weighted by Gasteiger charge is 2.31. The predicted molar refractivity (Wildman–Crippen MR) is 89.0 cm³/mol. The van der Waals surface area contributed by atoms with E-state index in [0.29, 0.717) is 36.4 Å². The molecule has 1 aliphatic rings. The molecule has 2 unspecified atom stereocenters.